The van der Waals surface area contributed by atoms with Crippen LogP contribution in [0.1, 0.15) is 19.8 Å². The Morgan fingerprint density at radius 2 is 2.45 bits per heavy atom. The van der Waals surface area contributed by atoms with Gasteiger partial charge in [0.05, 0.1) is 21.8 Å². The largest absolute Gasteiger partial charge is 0.322 e. The zero-order valence-electron chi connectivity index (χ0n) is 11.4. The summed E-state index contributed by atoms with van der Waals surface area (Å²) < 4.78 is 1.13. The molecule has 0 saturated carbocycles. The number of carbonyl (C=O) groups excluding carboxylic acids is 1. The molecule has 0 spiro atoms. The lowest BCUT2D eigenvalue weighted by molar-refractivity contribution is 0.208. The van der Waals surface area contributed by atoms with Gasteiger partial charge in [-0.05, 0) is 24.6 Å². The molecule has 0 radical (unpaired) electrons. The Labute approximate surface area is 122 Å². The van der Waals surface area contributed by atoms with E-state index in [-0.39, 0.29) is 12.1 Å². The Morgan fingerprint density at radius 1 is 1.55 bits per heavy atom. The molecule has 104 valence electrons. The Balaban J connectivity index is 1.71. The Hall–Kier alpha value is -1.88. The van der Waals surface area contributed by atoms with Crippen LogP contribution in [-0.4, -0.2) is 28.5 Å². The number of aromatic nitrogens is 1. The predicted octanol–water partition coefficient (Wildman–Crippen LogP) is 3.87. The first-order chi connectivity index (χ1) is 9.78. The van der Waals surface area contributed by atoms with Gasteiger partial charge in [0, 0.05) is 12.2 Å². The van der Waals surface area contributed by atoms with Crippen LogP contribution in [0.2, 0.25) is 0 Å². The number of hydrogen-bond acceptors (Lipinski definition) is 3. The number of urea groups is 1. The Kier molecular flexibility index (Phi) is 3.69. The zero-order valence-corrected chi connectivity index (χ0v) is 12.2. The molecule has 2 heterocycles. The van der Waals surface area contributed by atoms with Gasteiger partial charge in [-0.2, -0.15) is 0 Å². The van der Waals surface area contributed by atoms with Crippen molar-refractivity contribution in [1.82, 2.24) is 9.88 Å². The van der Waals surface area contributed by atoms with Gasteiger partial charge >= 0.3 is 6.03 Å². The molecule has 2 amide bonds. The molecular weight excluding hydrogens is 270 g/mol. The second kappa shape index (κ2) is 5.63. The molecule has 4 nitrogen and oxygen atoms in total. The summed E-state index contributed by atoms with van der Waals surface area (Å²) in [5.41, 5.74) is 3.55. The van der Waals surface area contributed by atoms with Crippen molar-refractivity contribution in [3.05, 3.63) is 35.9 Å². The number of rotatable bonds is 3. The van der Waals surface area contributed by atoms with E-state index < -0.39 is 0 Å². The molecular formula is C15H17N3OS. The molecule has 0 aliphatic carbocycles. The van der Waals surface area contributed by atoms with Gasteiger partial charge in [-0.15, -0.1) is 11.3 Å². The number of nitrogens with one attached hydrogen (secondary N) is 1. The van der Waals surface area contributed by atoms with E-state index in [0.717, 1.165) is 28.7 Å². The summed E-state index contributed by atoms with van der Waals surface area (Å²) >= 11 is 1.60. The minimum absolute atomic E-state index is 0.0389. The minimum Gasteiger partial charge on any atom is -0.314 e. The van der Waals surface area contributed by atoms with Crippen molar-refractivity contribution in [1.29, 1.82) is 0 Å². The van der Waals surface area contributed by atoms with E-state index in [1.54, 1.807) is 11.3 Å². The first-order valence-corrected chi connectivity index (χ1v) is 7.73. The lowest BCUT2D eigenvalue weighted by Gasteiger charge is -2.24. The van der Waals surface area contributed by atoms with Gasteiger partial charge < -0.3 is 10.2 Å². The smallest absolute Gasteiger partial charge is 0.314 e. The highest BCUT2D eigenvalue weighted by molar-refractivity contribution is 7.16. The highest BCUT2D eigenvalue weighted by Crippen LogP contribution is 2.22. The van der Waals surface area contributed by atoms with Crippen LogP contribution >= 0.6 is 11.3 Å². The first kappa shape index (κ1) is 13.1. The predicted molar refractivity (Wildman–Crippen MR) is 83.2 cm³/mol. The maximum Gasteiger partial charge on any atom is 0.322 e. The maximum absolute atomic E-state index is 12.3. The van der Waals surface area contributed by atoms with Crippen molar-refractivity contribution in [3.8, 4) is 0 Å². The highest BCUT2D eigenvalue weighted by atomic mass is 32.1. The summed E-state index contributed by atoms with van der Waals surface area (Å²) in [6, 6.07) is 6.03. The molecule has 0 bridgehead atoms. The molecule has 1 aromatic heterocycles. The van der Waals surface area contributed by atoms with Crippen molar-refractivity contribution in [2.24, 2.45) is 0 Å². The normalized spacial score (nSPS) is 17.9. The molecule has 2 aromatic rings. The summed E-state index contributed by atoms with van der Waals surface area (Å²) in [5, 5.41) is 2.97. The number of anilines is 1. The third-order valence-electron chi connectivity index (χ3n) is 3.49. The van der Waals surface area contributed by atoms with Gasteiger partial charge in [0.25, 0.3) is 0 Å². The van der Waals surface area contributed by atoms with Gasteiger partial charge in [-0.3, -0.25) is 0 Å². The van der Waals surface area contributed by atoms with Crippen molar-refractivity contribution in [3.63, 3.8) is 0 Å². The number of thiazole rings is 1. The van der Waals surface area contributed by atoms with Crippen LogP contribution in [0, 0.1) is 0 Å². The molecule has 1 aliphatic rings. The monoisotopic (exact) mass is 287 g/mol. The van der Waals surface area contributed by atoms with Crippen LogP contribution in [-0.2, 0) is 0 Å². The highest BCUT2D eigenvalue weighted by Gasteiger charge is 2.23. The van der Waals surface area contributed by atoms with Gasteiger partial charge in [0.2, 0.25) is 0 Å². The van der Waals surface area contributed by atoms with E-state index in [1.165, 1.54) is 0 Å². The fourth-order valence-electron chi connectivity index (χ4n) is 2.48. The number of hydrogen-bond donors (Lipinski definition) is 1. The van der Waals surface area contributed by atoms with Crippen molar-refractivity contribution in [2.75, 3.05) is 11.9 Å². The van der Waals surface area contributed by atoms with Crippen LogP contribution in [0.4, 0.5) is 10.5 Å². The zero-order chi connectivity index (χ0) is 13.9. The lowest BCUT2D eigenvalue weighted by atomic mass is 10.2. The van der Waals surface area contributed by atoms with Crippen molar-refractivity contribution in [2.45, 2.75) is 25.8 Å². The second-order valence-electron chi connectivity index (χ2n) is 4.90. The van der Waals surface area contributed by atoms with Crippen molar-refractivity contribution >= 4 is 33.3 Å². The lowest BCUT2D eigenvalue weighted by Crippen LogP contribution is -2.39. The van der Waals surface area contributed by atoms with Gasteiger partial charge in [0.15, 0.2) is 0 Å². The van der Waals surface area contributed by atoms with Crippen LogP contribution in [0.5, 0.6) is 0 Å². The molecule has 0 fully saturated rings. The summed E-state index contributed by atoms with van der Waals surface area (Å²) in [5.74, 6) is 0. The molecule has 1 atom stereocenters. The van der Waals surface area contributed by atoms with E-state index in [2.05, 4.69) is 29.4 Å². The summed E-state index contributed by atoms with van der Waals surface area (Å²) in [6.45, 7) is 2.83. The molecule has 5 heteroatoms. The molecule has 1 aromatic carbocycles. The van der Waals surface area contributed by atoms with E-state index in [4.69, 9.17) is 0 Å². The first-order valence-electron chi connectivity index (χ1n) is 6.85. The molecule has 1 N–H and O–H groups in total. The standard InChI is InChI=1S/C15H17N3OS/c1-2-4-12-5-3-8-18(12)15(19)17-11-6-7-14-13(9-11)16-10-20-14/h3,5-7,9-10,12H,2,4,8H2,1H3,(H,17,19)/t12-/m1/s1. The topological polar surface area (TPSA) is 45.2 Å². The molecule has 0 unspecified atom stereocenters. The minimum atomic E-state index is -0.0389. The maximum atomic E-state index is 12.3. The Bertz CT molecular complexity index is 649. The average molecular weight is 287 g/mol. The number of fused-ring (bicyclic) bond motifs is 1. The fraction of sp³-hybridized carbons (Fsp3) is 0.333. The van der Waals surface area contributed by atoms with Crippen LogP contribution in [0.25, 0.3) is 10.2 Å². The third kappa shape index (κ3) is 2.54. The van der Waals surface area contributed by atoms with E-state index in [0.29, 0.717) is 6.54 Å². The quantitative estimate of drug-likeness (QED) is 0.871. The van der Waals surface area contributed by atoms with Gasteiger partial charge in [-0.25, -0.2) is 9.78 Å². The number of nitrogens with zero attached hydrogens (tertiary/aromatic N) is 2. The fourth-order valence-corrected chi connectivity index (χ4v) is 3.14. The SMILES string of the molecule is CCC[C@@H]1C=CCN1C(=O)Nc1ccc2scnc2c1. The summed E-state index contributed by atoms with van der Waals surface area (Å²) in [6.07, 6.45) is 6.26. The molecule has 0 saturated heterocycles. The van der Waals surface area contributed by atoms with E-state index in [1.807, 2.05) is 28.6 Å². The van der Waals surface area contributed by atoms with Crippen LogP contribution in [0.3, 0.4) is 0 Å². The average Bonchev–Trinajstić information content (AvgIpc) is 3.07. The third-order valence-corrected chi connectivity index (χ3v) is 4.30. The number of amides is 2. The molecule has 20 heavy (non-hydrogen) atoms. The second-order valence-corrected chi connectivity index (χ2v) is 5.79. The van der Waals surface area contributed by atoms with Gasteiger partial charge in [-0.1, -0.05) is 25.5 Å². The molecule has 3 rings (SSSR count). The van der Waals surface area contributed by atoms with Gasteiger partial charge in [0.1, 0.15) is 0 Å². The van der Waals surface area contributed by atoms with Crippen molar-refractivity contribution < 1.29 is 4.79 Å². The summed E-state index contributed by atoms with van der Waals surface area (Å²) in [7, 11) is 0. The Morgan fingerprint density at radius 3 is 3.30 bits per heavy atom. The number of benzene rings is 1. The number of carbonyl (C=O) groups is 1. The van der Waals surface area contributed by atoms with E-state index >= 15 is 0 Å². The molecule has 1 aliphatic heterocycles. The van der Waals surface area contributed by atoms with E-state index in [9.17, 15) is 4.79 Å². The summed E-state index contributed by atoms with van der Waals surface area (Å²) in [4.78, 5) is 18.5. The van der Waals surface area contributed by atoms with Crippen LogP contribution < -0.4 is 5.32 Å². The van der Waals surface area contributed by atoms with Crippen LogP contribution in [0.15, 0.2) is 35.9 Å².